The summed E-state index contributed by atoms with van der Waals surface area (Å²) in [6, 6.07) is 7.24. The van der Waals surface area contributed by atoms with Gasteiger partial charge in [-0.1, -0.05) is 0 Å². The molecular weight excluding hydrogens is 290 g/mol. The van der Waals surface area contributed by atoms with Gasteiger partial charge in [0.25, 0.3) is 5.91 Å². The van der Waals surface area contributed by atoms with Crippen molar-refractivity contribution in [3.8, 4) is 0 Å². The van der Waals surface area contributed by atoms with Crippen molar-refractivity contribution in [1.82, 2.24) is 14.8 Å². The molecule has 0 atom stereocenters. The number of aromatic nitrogens is 1. The highest BCUT2D eigenvalue weighted by molar-refractivity contribution is 6.29. The molecule has 0 aliphatic carbocycles. The van der Waals surface area contributed by atoms with Crippen LogP contribution in [0.5, 0.6) is 0 Å². The van der Waals surface area contributed by atoms with Gasteiger partial charge in [0.15, 0.2) is 11.0 Å². The minimum absolute atomic E-state index is 0.0922. The van der Waals surface area contributed by atoms with Crippen molar-refractivity contribution in [2.75, 3.05) is 26.2 Å². The first kappa shape index (κ1) is 14.1. The number of nitrogens with zero attached hydrogens (tertiary/aromatic N) is 3. The van der Waals surface area contributed by atoms with Crippen LogP contribution in [-0.2, 0) is 6.54 Å². The first-order valence-electron chi connectivity index (χ1n) is 6.88. The molecule has 3 heterocycles. The zero-order valence-electron chi connectivity index (χ0n) is 11.5. The number of halogens is 1. The summed E-state index contributed by atoms with van der Waals surface area (Å²) in [4.78, 5) is 20.4. The lowest BCUT2D eigenvalue weighted by atomic mass is 10.2. The molecule has 0 saturated carbocycles. The Kier molecular flexibility index (Phi) is 4.22. The predicted molar refractivity (Wildman–Crippen MR) is 79.1 cm³/mol. The van der Waals surface area contributed by atoms with Gasteiger partial charge in [0, 0.05) is 45.1 Å². The maximum atomic E-state index is 12.2. The van der Waals surface area contributed by atoms with Crippen LogP contribution in [0.3, 0.4) is 0 Å². The van der Waals surface area contributed by atoms with E-state index in [1.54, 1.807) is 29.4 Å². The third-order valence-corrected chi connectivity index (χ3v) is 3.80. The van der Waals surface area contributed by atoms with Crippen molar-refractivity contribution < 1.29 is 9.21 Å². The van der Waals surface area contributed by atoms with Gasteiger partial charge in [-0.15, -0.1) is 0 Å². The summed E-state index contributed by atoms with van der Waals surface area (Å²) in [6.07, 6.45) is 3.60. The highest BCUT2D eigenvalue weighted by atomic mass is 35.5. The highest BCUT2D eigenvalue weighted by Gasteiger charge is 2.24. The lowest BCUT2D eigenvalue weighted by Crippen LogP contribution is -2.48. The normalized spacial score (nSPS) is 16.1. The molecule has 1 aliphatic rings. The summed E-state index contributed by atoms with van der Waals surface area (Å²) >= 11 is 5.71. The van der Waals surface area contributed by atoms with E-state index in [4.69, 9.17) is 16.0 Å². The molecule has 110 valence electrons. The van der Waals surface area contributed by atoms with E-state index in [9.17, 15) is 4.79 Å². The van der Waals surface area contributed by atoms with E-state index in [2.05, 4.69) is 9.88 Å². The van der Waals surface area contributed by atoms with Gasteiger partial charge in [0.1, 0.15) is 0 Å². The van der Waals surface area contributed by atoms with Crippen LogP contribution in [0.4, 0.5) is 0 Å². The molecule has 6 heteroatoms. The molecule has 0 N–H and O–H groups in total. The Hall–Kier alpha value is -1.85. The first-order valence-corrected chi connectivity index (χ1v) is 7.26. The summed E-state index contributed by atoms with van der Waals surface area (Å²) in [5.74, 6) is 0.216. The molecular formula is C15H16ClN3O2. The van der Waals surface area contributed by atoms with E-state index in [0.29, 0.717) is 18.8 Å². The second-order valence-corrected chi connectivity index (χ2v) is 5.40. The summed E-state index contributed by atoms with van der Waals surface area (Å²) < 4.78 is 5.17. The molecule has 1 saturated heterocycles. The Morgan fingerprint density at radius 1 is 1.14 bits per heavy atom. The van der Waals surface area contributed by atoms with Crippen LogP contribution in [0.1, 0.15) is 16.1 Å². The van der Waals surface area contributed by atoms with Gasteiger partial charge in [-0.3, -0.25) is 14.7 Å². The third kappa shape index (κ3) is 3.43. The summed E-state index contributed by atoms with van der Waals surface area (Å²) in [7, 11) is 0. The highest BCUT2D eigenvalue weighted by Crippen LogP contribution is 2.16. The average molecular weight is 306 g/mol. The van der Waals surface area contributed by atoms with Gasteiger partial charge in [0.05, 0.1) is 0 Å². The van der Waals surface area contributed by atoms with Crippen LogP contribution < -0.4 is 0 Å². The number of hydrogen-bond acceptors (Lipinski definition) is 4. The zero-order valence-corrected chi connectivity index (χ0v) is 12.3. The van der Waals surface area contributed by atoms with Gasteiger partial charge >= 0.3 is 0 Å². The molecule has 5 nitrogen and oxygen atoms in total. The number of carbonyl (C=O) groups excluding carboxylic acids is 1. The molecule has 0 aromatic carbocycles. The van der Waals surface area contributed by atoms with Gasteiger partial charge < -0.3 is 9.32 Å². The number of carbonyl (C=O) groups is 1. The lowest BCUT2D eigenvalue weighted by Gasteiger charge is -2.34. The van der Waals surface area contributed by atoms with E-state index in [1.807, 2.05) is 12.1 Å². The van der Waals surface area contributed by atoms with Crippen LogP contribution in [-0.4, -0.2) is 46.9 Å². The van der Waals surface area contributed by atoms with E-state index in [1.165, 1.54) is 5.56 Å². The standard InChI is InChI=1S/C15H16ClN3O2/c16-14-2-1-13(21-14)15(20)19-9-7-18(8-10-19)11-12-3-5-17-6-4-12/h1-6H,7-11H2. The zero-order chi connectivity index (χ0) is 14.7. The Balaban J connectivity index is 1.54. The summed E-state index contributed by atoms with van der Waals surface area (Å²) in [5, 5.41) is 0.245. The van der Waals surface area contributed by atoms with E-state index >= 15 is 0 Å². The van der Waals surface area contributed by atoms with Crippen molar-refractivity contribution in [3.63, 3.8) is 0 Å². The average Bonchev–Trinajstić information content (AvgIpc) is 2.95. The molecule has 0 unspecified atom stereocenters. The summed E-state index contributed by atoms with van der Waals surface area (Å²) in [6.45, 7) is 3.98. The smallest absolute Gasteiger partial charge is 0.289 e. The molecule has 2 aromatic heterocycles. The van der Waals surface area contributed by atoms with Crippen LogP contribution >= 0.6 is 11.6 Å². The number of pyridine rings is 1. The largest absolute Gasteiger partial charge is 0.440 e. The van der Waals surface area contributed by atoms with Gasteiger partial charge in [-0.05, 0) is 41.4 Å². The van der Waals surface area contributed by atoms with Crippen LogP contribution in [0.25, 0.3) is 0 Å². The predicted octanol–water partition coefficient (Wildman–Crippen LogP) is 2.29. The molecule has 3 rings (SSSR count). The van der Waals surface area contributed by atoms with Gasteiger partial charge in [0.2, 0.25) is 0 Å². The Morgan fingerprint density at radius 3 is 2.48 bits per heavy atom. The van der Waals surface area contributed by atoms with E-state index < -0.39 is 0 Å². The second kappa shape index (κ2) is 6.28. The Morgan fingerprint density at radius 2 is 1.86 bits per heavy atom. The van der Waals surface area contributed by atoms with Crippen molar-refractivity contribution in [1.29, 1.82) is 0 Å². The maximum absolute atomic E-state index is 12.2. The van der Waals surface area contributed by atoms with Crippen LogP contribution in [0.15, 0.2) is 41.1 Å². The van der Waals surface area contributed by atoms with Crippen molar-refractivity contribution in [2.45, 2.75) is 6.54 Å². The van der Waals surface area contributed by atoms with Crippen molar-refractivity contribution in [2.24, 2.45) is 0 Å². The Bertz CT molecular complexity index is 606. The topological polar surface area (TPSA) is 49.6 Å². The summed E-state index contributed by atoms with van der Waals surface area (Å²) in [5.41, 5.74) is 1.24. The number of hydrogen-bond donors (Lipinski definition) is 0. The fourth-order valence-electron chi connectivity index (χ4n) is 2.44. The number of piperazine rings is 1. The maximum Gasteiger partial charge on any atom is 0.289 e. The Labute approximate surface area is 128 Å². The van der Waals surface area contributed by atoms with Gasteiger partial charge in [-0.2, -0.15) is 0 Å². The molecule has 0 radical (unpaired) electrons. The van der Waals surface area contributed by atoms with Crippen molar-refractivity contribution >= 4 is 17.5 Å². The van der Waals surface area contributed by atoms with Crippen LogP contribution in [0.2, 0.25) is 5.22 Å². The SMILES string of the molecule is O=C(c1ccc(Cl)o1)N1CCN(Cc2ccncc2)CC1. The number of furan rings is 1. The molecule has 0 bridgehead atoms. The fraction of sp³-hybridized carbons (Fsp3) is 0.333. The number of amides is 1. The molecule has 2 aromatic rings. The quantitative estimate of drug-likeness (QED) is 0.873. The number of rotatable bonds is 3. The minimum Gasteiger partial charge on any atom is -0.440 e. The fourth-order valence-corrected chi connectivity index (χ4v) is 2.59. The molecule has 1 fully saturated rings. The molecule has 1 amide bonds. The minimum atomic E-state index is -0.0922. The van der Waals surface area contributed by atoms with Crippen molar-refractivity contribution in [3.05, 3.63) is 53.2 Å². The molecule has 1 aliphatic heterocycles. The van der Waals surface area contributed by atoms with Gasteiger partial charge in [-0.25, -0.2) is 0 Å². The second-order valence-electron chi connectivity index (χ2n) is 5.03. The first-order chi connectivity index (χ1) is 10.2. The monoisotopic (exact) mass is 305 g/mol. The van der Waals surface area contributed by atoms with E-state index in [0.717, 1.165) is 19.6 Å². The molecule has 21 heavy (non-hydrogen) atoms. The molecule has 0 spiro atoms. The lowest BCUT2D eigenvalue weighted by molar-refractivity contribution is 0.0598. The van der Waals surface area contributed by atoms with E-state index in [-0.39, 0.29) is 11.1 Å². The van der Waals surface area contributed by atoms with Crippen LogP contribution in [0, 0.1) is 0 Å². The third-order valence-electron chi connectivity index (χ3n) is 3.60.